The molecule has 78 valence electrons. The second-order valence-corrected chi connectivity index (χ2v) is 3.48. The van der Waals surface area contributed by atoms with Crippen molar-refractivity contribution in [2.75, 3.05) is 12.8 Å². The van der Waals surface area contributed by atoms with Gasteiger partial charge in [0, 0.05) is 12.4 Å². The summed E-state index contributed by atoms with van der Waals surface area (Å²) in [5.41, 5.74) is 5.68. The van der Waals surface area contributed by atoms with E-state index in [4.69, 9.17) is 10.5 Å². The topological polar surface area (TPSA) is 78.8 Å². The van der Waals surface area contributed by atoms with E-state index in [2.05, 4.69) is 31.0 Å². The number of rotatable bonds is 2. The van der Waals surface area contributed by atoms with Crippen LogP contribution in [0.4, 0.5) is 5.82 Å². The van der Waals surface area contributed by atoms with Crippen LogP contribution in [0.2, 0.25) is 0 Å². The van der Waals surface area contributed by atoms with Gasteiger partial charge in [-0.05, 0) is 22.0 Å². The average Bonchev–Trinajstić information content (AvgIpc) is 2.75. The first-order chi connectivity index (χ1) is 7.22. The lowest BCUT2D eigenvalue weighted by Gasteiger charge is -2.06. The molecule has 0 unspecified atom stereocenters. The van der Waals surface area contributed by atoms with Crippen molar-refractivity contribution in [2.45, 2.75) is 0 Å². The van der Waals surface area contributed by atoms with Gasteiger partial charge < -0.3 is 10.5 Å². The Kier molecular flexibility index (Phi) is 2.55. The summed E-state index contributed by atoms with van der Waals surface area (Å²) in [5, 5.41) is 4.00. The molecular formula is C8H8BrN5O. The van der Waals surface area contributed by atoms with E-state index in [0.29, 0.717) is 22.1 Å². The van der Waals surface area contributed by atoms with E-state index < -0.39 is 0 Å². The zero-order valence-corrected chi connectivity index (χ0v) is 9.47. The molecule has 2 heterocycles. The van der Waals surface area contributed by atoms with Gasteiger partial charge in [-0.2, -0.15) is 15.1 Å². The number of hydrogen-bond donors (Lipinski definition) is 1. The number of hydrogen-bond acceptors (Lipinski definition) is 5. The highest BCUT2D eigenvalue weighted by molar-refractivity contribution is 9.10. The molecule has 0 saturated heterocycles. The lowest BCUT2D eigenvalue weighted by Crippen LogP contribution is -2.06. The second kappa shape index (κ2) is 3.85. The fourth-order valence-electron chi connectivity index (χ4n) is 1.06. The quantitative estimate of drug-likeness (QED) is 0.881. The fourth-order valence-corrected chi connectivity index (χ4v) is 1.40. The SMILES string of the molecule is COc1nc(-n2cccn2)nc(N)c1Br. The molecule has 2 rings (SSSR count). The lowest BCUT2D eigenvalue weighted by molar-refractivity contribution is 0.393. The third-order valence-corrected chi connectivity index (χ3v) is 2.48. The number of halogens is 1. The van der Waals surface area contributed by atoms with Gasteiger partial charge in [-0.25, -0.2) is 4.68 Å². The van der Waals surface area contributed by atoms with Crippen molar-refractivity contribution < 1.29 is 4.74 Å². The van der Waals surface area contributed by atoms with E-state index in [1.165, 1.54) is 11.8 Å². The van der Waals surface area contributed by atoms with Crippen molar-refractivity contribution >= 4 is 21.7 Å². The highest BCUT2D eigenvalue weighted by Crippen LogP contribution is 2.27. The highest BCUT2D eigenvalue weighted by Gasteiger charge is 2.11. The van der Waals surface area contributed by atoms with Gasteiger partial charge in [0.2, 0.25) is 5.88 Å². The summed E-state index contributed by atoms with van der Waals surface area (Å²) in [6.07, 6.45) is 3.36. The lowest BCUT2D eigenvalue weighted by atomic mass is 10.5. The summed E-state index contributed by atoms with van der Waals surface area (Å²) in [7, 11) is 1.51. The molecule has 2 N–H and O–H groups in total. The number of nitrogens with zero attached hydrogens (tertiary/aromatic N) is 4. The molecule has 0 saturated carbocycles. The molecular weight excluding hydrogens is 262 g/mol. The largest absolute Gasteiger partial charge is 0.480 e. The minimum atomic E-state index is 0.312. The van der Waals surface area contributed by atoms with Crippen molar-refractivity contribution in [3.8, 4) is 11.8 Å². The third kappa shape index (κ3) is 1.78. The summed E-state index contributed by atoms with van der Waals surface area (Å²) >= 11 is 3.23. The molecule has 6 nitrogen and oxygen atoms in total. The maximum Gasteiger partial charge on any atom is 0.255 e. The number of ether oxygens (including phenoxy) is 1. The molecule has 0 bridgehead atoms. The van der Waals surface area contributed by atoms with Crippen LogP contribution in [-0.4, -0.2) is 26.9 Å². The van der Waals surface area contributed by atoms with Gasteiger partial charge >= 0.3 is 0 Å². The van der Waals surface area contributed by atoms with Crippen LogP contribution in [0.5, 0.6) is 5.88 Å². The Balaban J connectivity index is 2.55. The predicted molar refractivity (Wildman–Crippen MR) is 57.8 cm³/mol. The van der Waals surface area contributed by atoms with Crippen LogP contribution in [0, 0.1) is 0 Å². The van der Waals surface area contributed by atoms with Crippen molar-refractivity contribution in [3.05, 3.63) is 22.9 Å². The Labute approximate surface area is 94.2 Å². The van der Waals surface area contributed by atoms with Crippen molar-refractivity contribution in [1.82, 2.24) is 19.7 Å². The summed E-state index contributed by atoms with van der Waals surface area (Å²) < 4.78 is 7.09. The van der Waals surface area contributed by atoms with E-state index in [9.17, 15) is 0 Å². The summed E-state index contributed by atoms with van der Waals surface area (Å²) in [6.45, 7) is 0. The molecule has 0 aromatic carbocycles. The Morgan fingerprint density at radius 2 is 2.27 bits per heavy atom. The van der Waals surface area contributed by atoms with Crippen molar-refractivity contribution in [2.24, 2.45) is 0 Å². The third-order valence-electron chi connectivity index (χ3n) is 1.74. The van der Waals surface area contributed by atoms with E-state index in [0.717, 1.165) is 0 Å². The predicted octanol–water partition coefficient (Wildman–Crippen LogP) is 1.02. The van der Waals surface area contributed by atoms with Crippen molar-refractivity contribution in [3.63, 3.8) is 0 Å². The fraction of sp³-hybridized carbons (Fsp3) is 0.125. The molecule has 0 amide bonds. The Morgan fingerprint density at radius 1 is 1.47 bits per heavy atom. The van der Waals surface area contributed by atoms with Crippen LogP contribution in [0.25, 0.3) is 5.95 Å². The molecule has 2 aromatic rings. The van der Waals surface area contributed by atoms with Crippen LogP contribution in [0.3, 0.4) is 0 Å². The molecule has 0 spiro atoms. The van der Waals surface area contributed by atoms with Crippen LogP contribution in [-0.2, 0) is 0 Å². The first-order valence-corrected chi connectivity index (χ1v) is 4.88. The first-order valence-electron chi connectivity index (χ1n) is 4.09. The van der Waals surface area contributed by atoms with Crippen LogP contribution < -0.4 is 10.5 Å². The molecule has 0 radical (unpaired) electrons. The molecule has 0 aliphatic carbocycles. The van der Waals surface area contributed by atoms with Gasteiger partial charge in [0.25, 0.3) is 5.95 Å². The number of nitrogens with two attached hydrogens (primary N) is 1. The smallest absolute Gasteiger partial charge is 0.255 e. The molecule has 2 aromatic heterocycles. The normalized spacial score (nSPS) is 10.3. The van der Waals surface area contributed by atoms with E-state index in [-0.39, 0.29) is 0 Å². The van der Waals surface area contributed by atoms with Gasteiger partial charge in [-0.3, -0.25) is 0 Å². The second-order valence-electron chi connectivity index (χ2n) is 2.68. The minimum Gasteiger partial charge on any atom is -0.480 e. The van der Waals surface area contributed by atoms with E-state index >= 15 is 0 Å². The van der Waals surface area contributed by atoms with E-state index in [1.807, 2.05) is 0 Å². The van der Waals surface area contributed by atoms with Crippen LogP contribution in [0.1, 0.15) is 0 Å². The van der Waals surface area contributed by atoms with Gasteiger partial charge in [-0.15, -0.1) is 0 Å². The number of aromatic nitrogens is 4. The number of nitrogen functional groups attached to an aromatic ring is 1. The molecule has 0 fully saturated rings. The molecule has 0 aliphatic rings. The van der Waals surface area contributed by atoms with Gasteiger partial charge in [0.15, 0.2) is 0 Å². The van der Waals surface area contributed by atoms with Crippen LogP contribution in [0.15, 0.2) is 22.9 Å². The molecule has 15 heavy (non-hydrogen) atoms. The molecule has 0 aliphatic heterocycles. The zero-order chi connectivity index (χ0) is 10.8. The Morgan fingerprint density at radius 3 is 2.87 bits per heavy atom. The van der Waals surface area contributed by atoms with Crippen molar-refractivity contribution in [1.29, 1.82) is 0 Å². The first kappa shape index (κ1) is 9.91. The Hall–Kier alpha value is -1.63. The highest BCUT2D eigenvalue weighted by atomic mass is 79.9. The zero-order valence-electron chi connectivity index (χ0n) is 7.88. The van der Waals surface area contributed by atoms with Gasteiger partial charge in [0.05, 0.1) is 7.11 Å². The molecule has 0 atom stereocenters. The van der Waals surface area contributed by atoms with Gasteiger partial charge in [0.1, 0.15) is 10.3 Å². The maximum absolute atomic E-state index is 5.68. The number of anilines is 1. The standard InChI is InChI=1S/C8H8BrN5O/c1-15-7-5(9)6(10)12-8(13-7)14-4-2-3-11-14/h2-4H,1H3,(H2,10,12,13). The summed E-state index contributed by atoms with van der Waals surface area (Å²) in [6, 6.07) is 1.77. The monoisotopic (exact) mass is 269 g/mol. The summed E-state index contributed by atoms with van der Waals surface area (Å²) in [5.74, 6) is 1.07. The van der Waals surface area contributed by atoms with E-state index in [1.54, 1.807) is 18.5 Å². The summed E-state index contributed by atoms with van der Waals surface area (Å²) in [4.78, 5) is 8.20. The number of methoxy groups -OCH3 is 1. The Bertz CT molecular complexity index is 470. The van der Waals surface area contributed by atoms with Crippen LogP contribution >= 0.6 is 15.9 Å². The minimum absolute atomic E-state index is 0.312. The van der Waals surface area contributed by atoms with Gasteiger partial charge in [-0.1, -0.05) is 0 Å². The molecule has 7 heteroatoms. The average molecular weight is 270 g/mol. The maximum atomic E-state index is 5.68.